The molecule has 0 heterocycles. The van der Waals surface area contributed by atoms with Gasteiger partial charge < -0.3 is 0 Å². The summed E-state index contributed by atoms with van der Waals surface area (Å²) in [4.78, 5) is 0. The smallest absolute Gasteiger partial charge is 0.0351 e. The van der Waals surface area contributed by atoms with E-state index in [1.54, 1.807) is 0 Å². The van der Waals surface area contributed by atoms with Crippen LogP contribution in [0.25, 0.3) is 0 Å². The molecule has 1 radical (unpaired) electrons. The van der Waals surface area contributed by atoms with E-state index in [1.807, 2.05) is 0 Å². The fourth-order valence-electron chi connectivity index (χ4n) is 4.37. The predicted molar refractivity (Wildman–Crippen MR) is 140 cm³/mol. The lowest BCUT2D eigenvalue weighted by Crippen LogP contribution is -1.83. The minimum absolute atomic E-state index is 1.12. The first-order valence-corrected chi connectivity index (χ1v) is 14.4. The molecule has 0 spiro atoms. The van der Waals surface area contributed by atoms with Crippen molar-refractivity contribution in [2.45, 2.75) is 174 Å². The van der Waals surface area contributed by atoms with Crippen LogP contribution < -0.4 is 0 Å². The van der Waals surface area contributed by atoms with E-state index in [0.29, 0.717) is 0 Å². The molecule has 0 saturated heterocycles. The maximum atomic E-state index is 3.92. The first-order valence-electron chi connectivity index (χ1n) is 14.4. The minimum Gasteiger partial charge on any atom is -0.0885 e. The van der Waals surface area contributed by atoms with E-state index >= 15 is 0 Å². The van der Waals surface area contributed by atoms with Crippen molar-refractivity contribution in [2.75, 3.05) is 0 Å². The van der Waals surface area contributed by atoms with Gasteiger partial charge in [-0.15, -0.1) is 0 Å². The third kappa shape index (κ3) is 27.7. The van der Waals surface area contributed by atoms with Crippen molar-refractivity contribution in [1.82, 2.24) is 0 Å². The van der Waals surface area contributed by atoms with E-state index < -0.39 is 0 Å². The third-order valence-electron chi connectivity index (χ3n) is 6.51. The van der Waals surface area contributed by atoms with Gasteiger partial charge in [-0.1, -0.05) is 167 Å². The molecule has 0 aliphatic heterocycles. The highest BCUT2D eigenvalue weighted by Crippen LogP contribution is 2.14. The first kappa shape index (κ1) is 29.7. The quantitative estimate of drug-likeness (QED) is 0.0965. The highest BCUT2D eigenvalue weighted by Gasteiger charge is 1.94. The van der Waals surface area contributed by atoms with Gasteiger partial charge in [-0.25, -0.2) is 0 Å². The maximum Gasteiger partial charge on any atom is -0.0351 e. The summed E-state index contributed by atoms with van der Waals surface area (Å²) in [5.74, 6) is 0. The Morgan fingerprint density at radius 1 is 0.367 bits per heavy atom. The molecule has 0 amide bonds. The topological polar surface area (TPSA) is 0 Å². The highest BCUT2D eigenvalue weighted by atomic mass is 14.0. The molecule has 0 rings (SSSR count). The molecule has 0 saturated carbocycles. The standard InChI is InChI=1S/C30H59/c1-3-5-7-9-11-13-15-17-19-21-23-25-27-29-30-28-26-24-22-20-18-16-14-12-10-8-6-4-2/h22,24H,1,3-21,23,25-30H2,2H3. The molecular weight excluding hydrogens is 360 g/mol. The van der Waals surface area contributed by atoms with Gasteiger partial charge in [0.15, 0.2) is 0 Å². The van der Waals surface area contributed by atoms with E-state index in [0.717, 1.165) is 6.42 Å². The lowest BCUT2D eigenvalue weighted by molar-refractivity contribution is 0.531. The number of unbranched alkanes of at least 4 members (excludes halogenated alkanes) is 24. The van der Waals surface area contributed by atoms with Crippen molar-refractivity contribution in [1.29, 1.82) is 0 Å². The summed E-state index contributed by atoms with van der Waals surface area (Å²) in [5, 5.41) is 0. The summed E-state index contributed by atoms with van der Waals surface area (Å²) in [5.41, 5.74) is 0. The zero-order valence-electron chi connectivity index (χ0n) is 21.2. The molecule has 30 heavy (non-hydrogen) atoms. The fourth-order valence-corrected chi connectivity index (χ4v) is 4.37. The SMILES string of the molecule is [CH2]CCCCCCCCCCCCCCCCCC=CCCCCCCCCCC. The van der Waals surface area contributed by atoms with Crippen LogP contribution >= 0.6 is 0 Å². The summed E-state index contributed by atoms with van der Waals surface area (Å²) >= 11 is 0. The molecule has 0 aromatic rings. The number of hydrogen-bond acceptors (Lipinski definition) is 0. The zero-order chi connectivity index (χ0) is 21.8. The van der Waals surface area contributed by atoms with Crippen molar-refractivity contribution >= 4 is 0 Å². The molecule has 0 unspecified atom stereocenters. The van der Waals surface area contributed by atoms with Gasteiger partial charge in [0.1, 0.15) is 0 Å². The molecule has 0 aromatic carbocycles. The van der Waals surface area contributed by atoms with Crippen LogP contribution in [-0.2, 0) is 0 Å². The molecule has 0 aromatic heterocycles. The maximum absolute atomic E-state index is 3.92. The summed E-state index contributed by atoms with van der Waals surface area (Å²) < 4.78 is 0. The minimum atomic E-state index is 1.12. The fraction of sp³-hybridized carbons (Fsp3) is 0.900. The Morgan fingerprint density at radius 2 is 0.633 bits per heavy atom. The molecular formula is C30H59. The van der Waals surface area contributed by atoms with E-state index in [4.69, 9.17) is 0 Å². The van der Waals surface area contributed by atoms with Crippen LogP contribution in [0.5, 0.6) is 0 Å². The molecule has 0 heteroatoms. The third-order valence-corrected chi connectivity index (χ3v) is 6.51. The van der Waals surface area contributed by atoms with Crippen LogP contribution in [0.3, 0.4) is 0 Å². The average Bonchev–Trinajstić information content (AvgIpc) is 2.76. The molecule has 0 N–H and O–H groups in total. The van der Waals surface area contributed by atoms with Crippen molar-refractivity contribution in [3.63, 3.8) is 0 Å². The van der Waals surface area contributed by atoms with Crippen LogP contribution in [-0.4, -0.2) is 0 Å². The van der Waals surface area contributed by atoms with Crippen molar-refractivity contribution in [3.05, 3.63) is 19.1 Å². The Kier molecular flexibility index (Phi) is 28.5. The predicted octanol–water partition coefficient (Wildman–Crippen LogP) is 11.5. The Labute approximate surface area is 193 Å². The van der Waals surface area contributed by atoms with Crippen LogP contribution in [0.1, 0.15) is 174 Å². The van der Waals surface area contributed by atoms with E-state index in [9.17, 15) is 0 Å². The van der Waals surface area contributed by atoms with Crippen LogP contribution in [0.15, 0.2) is 12.2 Å². The normalized spacial score (nSPS) is 11.7. The Morgan fingerprint density at radius 3 is 0.933 bits per heavy atom. The first-order chi connectivity index (χ1) is 14.9. The lowest BCUT2D eigenvalue weighted by atomic mass is 10.0. The Bertz CT molecular complexity index is 303. The van der Waals surface area contributed by atoms with Crippen molar-refractivity contribution < 1.29 is 0 Å². The summed E-state index contributed by atoms with van der Waals surface area (Å²) in [7, 11) is 0. The van der Waals surface area contributed by atoms with E-state index in [2.05, 4.69) is 26.0 Å². The molecule has 179 valence electrons. The van der Waals surface area contributed by atoms with Gasteiger partial charge in [0, 0.05) is 0 Å². The molecule has 0 fully saturated rings. The molecule has 0 aliphatic carbocycles. The Balaban J connectivity index is 3.05. The second-order valence-electron chi connectivity index (χ2n) is 9.68. The van der Waals surface area contributed by atoms with Gasteiger partial charge in [0.05, 0.1) is 0 Å². The average molecular weight is 420 g/mol. The van der Waals surface area contributed by atoms with Gasteiger partial charge in [-0.2, -0.15) is 0 Å². The van der Waals surface area contributed by atoms with Crippen LogP contribution in [0.2, 0.25) is 0 Å². The summed E-state index contributed by atoms with van der Waals surface area (Å²) in [6.07, 6.45) is 41.8. The van der Waals surface area contributed by atoms with Crippen LogP contribution in [0.4, 0.5) is 0 Å². The molecule has 0 nitrogen and oxygen atoms in total. The second-order valence-corrected chi connectivity index (χ2v) is 9.68. The number of allylic oxidation sites excluding steroid dienone is 2. The van der Waals surface area contributed by atoms with Crippen molar-refractivity contribution in [2.24, 2.45) is 0 Å². The van der Waals surface area contributed by atoms with E-state index in [1.165, 1.54) is 161 Å². The van der Waals surface area contributed by atoms with E-state index in [-0.39, 0.29) is 0 Å². The molecule has 0 aliphatic rings. The van der Waals surface area contributed by atoms with Crippen molar-refractivity contribution in [3.8, 4) is 0 Å². The van der Waals surface area contributed by atoms with Gasteiger partial charge in [-0.05, 0) is 25.7 Å². The molecule has 0 atom stereocenters. The summed E-state index contributed by atoms with van der Waals surface area (Å²) in [6.45, 7) is 6.21. The number of hydrogen-bond donors (Lipinski definition) is 0. The lowest BCUT2D eigenvalue weighted by Gasteiger charge is -2.03. The number of rotatable bonds is 26. The van der Waals surface area contributed by atoms with Gasteiger partial charge >= 0.3 is 0 Å². The van der Waals surface area contributed by atoms with Crippen LogP contribution in [0, 0.1) is 6.92 Å². The second kappa shape index (κ2) is 28.7. The zero-order valence-corrected chi connectivity index (χ0v) is 21.2. The van der Waals surface area contributed by atoms with Gasteiger partial charge in [0.25, 0.3) is 0 Å². The largest absolute Gasteiger partial charge is 0.0885 e. The summed E-state index contributed by atoms with van der Waals surface area (Å²) in [6, 6.07) is 0. The van der Waals surface area contributed by atoms with Gasteiger partial charge in [0.2, 0.25) is 0 Å². The molecule has 0 bridgehead atoms. The van der Waals surface area contributed by atoms with Gasteiger partial charge in [-0.3, -0.25) is 0 Å². The monoisotopic (exact) mass is 419 g/mol. The highest BCUT2D eigenvalue weighted by molar-refractivity contribution is 4.81. The Hall–Kier alpha value is -0.260.